The first-order valence-electron chi connectivity index (χ1n) is 5.60. The summed E-state index contributed by atoms with van der Waals surface area (Å²) < 4.78 is 10.5. The number of hydrogen-bond donors (Lipinski definition) is 1. The molecule has 2 aromatic rings. The highest BCUT2D eigenvalue weighted by Gasteiger charge is 2.15. The number of rotatable bonds is 4. The molecule has 20 heavy (non-hydrogen) atoms. The molecule has 0 radical (unpaired) electrons. The second kappa shape index (κ2) is 6.12. The van der Waals surface area contributed by atoms with Crippen LogP contribution < -0.4 is 10.1 Å². The largest absolute Gasteiger partial charge is 0.496 e. The molecule has 0 bridgehead atoms. The van der Waals surface area contributed by atoms with Crippen molar-refractivity contribution in [2.75, 3.05) is 12.4 Å². The van der Waals surface area contributed by atoms with E-state index in [1.54, 1.807) is 18.3 Å². The van der Waals surface area contributed by atoms with Gasteiger partial charge in [-0.1, -0.05) is 0 Å². The number of thioether (sulfide) groups is 1. The Kier molecular flexibility index (Phi) is 4.27. The summed E-state index contributed by atoms with van der Waals surface area (Å²) in [7, 11) is 1.52. The number of carbonyl (C=O) groups excluding carboxylic acids is 1. The minimum absolute atomic E-state index is 0.223. The zero-order valence-electron chi connectivity index (χ0n) is 10.8. The highest BCUT2D eigenvalue weighted by atomic mass is 32.2. The van der Waals surface area contributed by atoms with E-state index in [4.69, 9.17) is 14.4 Å². The van der Waals surface area contributed by atoms with Gasteiger partial charge in [0.05, 0.1) is 24.6 Å². The quantitative estimate of drug-likeness (QED) is 0.687. The molecule has 1 aromatic heterocycles. The lowest BCUT2D eigenvalue weighted by atomic mass is 10.1. The van der Waals surface area contributed by atoms with E-state index in [2.05, 4.69) is 10.3 Å². The first-order valence-corrected chi connectivity index (χ1v) is 6.41. The number of nitrogens with one attached hydrogen (secondary N) is 1. The molecule has 0 saturated heterocycles. The predicted molar refractivity (Wildman–Crippen MR) is 74.3 cm³/mol. The van der Waals surface area contributed by atoms with Crippen LogP contribution in [0.5, 0.6) is 5.75 Å². The van der Waals surface area contributed by atoms with Crippen molar-refractivity contribution in [1.29, 1.82) is 5.26 Å². The van der Waals surface area contributed by atoms with Gasteiger partial charge >= 0.3 is 0 Å². The average Bonchev–Trinajstić information content (AvgIpc) is 2.93. The number of carbonyl (C=O) groups is 1. The van der Waals surface area contributed by atoms with E-state index in [0.29, 0.717) is 27.7 Å². The van der Waals surface area contributed by atoms with Crippen LogP contribution in [0.3, 0.4) is 0 Å². The van der Waals surface area contributed by atoms with Crippen LogP contribution in [-0.4, -0.2) is 18.0 Å². The Bertz CT molecular complexity index is 662. The molecule has 0 saturated carbocycles. The SMILES string of the molecule is COc1cc(NC(C)=O)c(SC#N)cc1-c1cnco1. The standard InChI is InChI=1S/C13H11N3O3S/c1-8(17)16-10-4-11(18-2)9(3-13(10)20-6-14)12-5-15-7-19-12/h3-5,7H,1-2H3,(H,16,17). The molecule has 1 heterocycles. The van der Waals surface area contributed by atoms with E-state index in [1.807, 2.05) is 5.40 Å². The molecule has 0 spiro atoms. The minimum Gasteiger partial charge on any atom is -0.496 e. The Morgan fingerprint density at radius 1 is 1.55 bits per heavy atom. The Labute approximate surface area is 119 Å². The Morgan fingerprint density at radius 3 is 2.90 bits per heavy atom. The minimum atomic E-state index is -0.223. The van der Waals surface area contributed by atoms with Gasteiger partial charge in [-0.3, -0.25) is 4.79 Å². The number of thiocyanates is 1. The van der Waals surface area contributed by atoms with Crippen LogP contribution in [0.15, 0.2) is 34.0 Å². The van der Waals surface area contributed by atoms with Crippen molar-refractivity contribution >= 4 is 23.4 Å². The van der Waals surface area contributed by atoms with Crippen molar-refractivity contribution in [2.45, 2.75) is 11.8 Å². The van der Waals surface area contributed by atoms with E-state index < -0.39 is 0 Å². The second-order valence-corrected chi connectivity index (χ2v) is 4.62. The fourth-order valence-electron chi connectivity index (χ4n) is 1.69. The van der Waals surface area contributed by atoms with Gasteiger partial charge in [0.15, 0.2) is 12.2 Å². The number of ether oxygens (including phenoxy) is 1. The third-order valence-corrected chi connectivity index (χ3v) is 3.11. The first-order chi connectivity index (χ1) is 9.65. The summed E-state index contributed by atoms with van der Waals surface area (Å²) >= 11 is 0.948. The van der Waals surface area contributed by atoms with Crippen LogP contribution in [-0.2, 0) is 4.79 Å². The van der Waals surface area contributed by atoms with E-state index in [-0.39, 0.29) is 5.91 Å². The van der Waals surface area contributed by atoms with Crippen LogP contribution in [0.2, 0.25) is 0 Å². The van der Waals surface area contributed by atoms with Gasteiger partial charge in [-0.2, -0.15) is 5.26 Å². The molecule has 0 aliphatic heterocycles. The lowest BCUT2D eigenvalue weighted by Crippen LogP contribution is -2.07. The fourth-order valence-corrected chi connectivity index (χ4v) is 2.19. The van der Waals surface area contributed by atoms with Crippen LogP contribution in [0.4, 0.5) is 5.69 Å². The molecule has 0 fully saturated rings. The normalized spacial score (nSPS) is 9.85. The van der Waals surface area contributed by atoms with Crippen molar-refractivity contribution in [2.24, 2.45) is 0 Å². The maximum Gasteiger partial charge on any atom is 0.221 e. The lowest BCUT2D eigenvalue weighted by Gasteiger charge is -2.12. The van der Waals surface area contributed by atoms with Gasteiger partial charge in [-0.15, -0.1) is 0 Å². The van der Waals surface area contributed by atoms with Crippen molar-refractivity contribution in [3.8, 4) is 22.5 Å². The molecular formula is C13H11N3O3S. The van der Waals surface area contributed by atoms with Gasteiger partial charge in [-0.05, 0) is 17.8 Å². The van der Waals surface area contributed by atoms with Gasteiger partial charge in [-0.25, -0.2) is 4.98 Å². The number of nitriles is 1. The van der Waals surface area contributed by atoms with Crippen LogP contribution in [0.25, 0.3) is 11.3 Å². The van der Waals surface area contributed by atoms with Crippen molar-refractivity contribution in [3.05, 3.63) is 24.7 Å². The third kappa shape index (κ3) is 2.92. The Balaban J connectivity index is 2.56. The van der Waals surface area contributed by atoms with Gasteiger partial charge in [0.1, 0.15) is 11.2 Å². The monoisotopic (exact) mass is 289 g/mol. The number of amides is 1. The lowest BCUT2D eigenvalue weighted by molar-refractivity contribution is -0.114. The van der Waals surface area contributed by atoms with Crippen molar-refractivity contribution in [1.82, 2.24) is 4.98 Å². The molecular weight excluding hydrogens is 278 g/mol. The van der Waals surface area contributed by atoms with Crippen LogP contribution >= 0.6 is 11.8 Å². The molecule has 2 rings (SSSR count). The number of methoxy groups -OCH3 is 1. The molecule has 0 aliphatic rings. The molecule has 7 heteroatoms. The van der Waals surface area contributed by atoms with Gasteiger partial charge in [0, 0.05) is 17.9 Å². The van der Waals surface area contributed by atoms with Crippen molar-refractivity contribution < 1.29 is 13.9 Å². The fraction of sp³-hybridized carbons (Fsp3) is 0.154. The van der Waals surface area contributed by atoms with E-state index in [0.717, 1.165) is 11.8 Å². The molecule has 0 atom stereocenters. The summed E-state index contributed by atoms with van der Waals surface area (Å²) in [6, 6.07) is 3.37. The zero-order valence-corrected chi connectivity index (χ0v) is 11.7. The topological polar surface area (TPSA) is 88.1 Å². The molecule has 0 aliphatic carbocycles. The summed E-state index contributed by atoms with van der Waals surface area (Å²) in [6.45, 7) is 1.40. The highest BCUT2D eigenvalue weighted by molar-refractivity contribution is 8.03. The summed E-state index contributed by atoms with van der Waals surface area (Å²) in [5.41, 5.74) is 1.18. The number of benzene rings is 1. The molecule has 102 valence electrons. The van der Waals surface area contributed by atoms with Gasteiger partial charge in [0.2, 0.25) is 5.91 Å². The number of anilines is 1. The zero-order chi connectivity index (χ0) is 14.5. The number of nitrogens with zero attached hydrogens (tertiary/aromatic N) is 2. The van der Waals surface area contributed by atoms with Gasteiger partial charge < -0.3 is 14.5 Å². The predicted octanol–water partition coefficient (Wildman–Crippen LogP) is 2.88. The average molecular weight is 289 g/mol. The molecule has 1 aromatic carbocycles. The maximum absolute atomic E-state index is 11.2. The first kappa shape index (κ1) is 14.0. The number of aromatic nitrogens is 1. The summed E-state index contributed by atoms with van der Waals surface area (Å²) in [6.07, 6.45) is 2.87. The summed E-state index contributed by atoms with van der Waals surface area (Å²) in [5.74, 6) is 0.822. The third-order valence-electron chi connectivity index (χ3n) is 2.47. The smallest absolute Gasteiger partial charge is 0.221 e. The Hall–Kier alpha value is -2.46. The number of oxazole rings is 1. The summed E-state index contributed by atoms with van der Waals surface area (Å²) in [5, 5.41) is 13.5. The van der Waals surface area contributed by atoms with Crippen molar-refractivity contribution in [3.63, 3.8) is 0 Å². The maximum atomic E-state index is 11.2. The van der Waals surface area contributed by atoms with E-state index >= 15 is 0 Å². The van der Waals surface area contributed by atoms with E-state index in [1.165, 1.54) is 20.4 Å². The second-order valence-electron chi connectivity index (χ2n) is 3.79. The van der Waals surface area contributed by atoms with Gasteiger partial charge in [0.25, 0.3) is 0 Å². The Morgan fingerprint density at radius 2 is 2.35 bits per heavy atom. The molecule has 6 nitrogen and oxygen atoms in total. The molecule has 1 amide bonds. The molecule has 0 unspecified atom stereocenters. The summed E-state index contributed by atoms with van der Waals surface area (Å²) in [4.78, 5) is 15.7. The number of hydrogen-bond acceptors (Lipinski definition) is 6. The highest BCUT2D eigenvalue weighted by Crippen LogP contribution is 2.38. The van der Waals surface area contributed by atoms with Crippen LogP contribution in [0, 0.1) is 10.7 Å². The van der Waals surface area contributed by atoms with Crippen LogP contribution in [0.1, 0.15) is 6.92 Å². The molecule has 1 N–H and O–H groups in total. The van der Waals surface area contributed by atoms with E-state index in [9.17, 15) is 4.79 Å².